The quantitative estimate of drug-likeness (QED) is 0.388. The van der Waals surface area contributed by atoms with E-state index in [-0.39, 0.29) is 17.7 Å². The molecule has 2 aliphatic heterocycles. The highest BCUT2D eigenvalue weighted by Gasteiger charge is 2.29. The van der Waals surface area contributed by atoms with Crippen molar-refractivity contribution >= 4 is 34.1 Å². The molecule has 0 unspecified atom stereocenters. The summed E-state index contributed by atoms with van der Waals surface area (Å²) in [5, 5.41) is 3.77. The highest BCUT2D eigenvalue weighted by Crippen LogP contribution is 2.32. The maximum absolute atomic E-state index is 13.3. The van der Waals surface area contributed by atoms with Crippen molar-refractivity contribution in [3.8, 4) is 5.75 Å². The van der Waals surface area contributed by atoms with Crippen molar-refractivity contribution in [3.05, 3.63) is 87.5 Å². The fraction of sp³-hybridized carbons (Fsp3) is 0.310. The van der Waals surface area contributed by atoms with Gasteiger partial charge in [-0.25, -0.2) is 9.97 Å². The van der Waals surface area contributed by atoms with Crippen molar-refractivity contribution < 1.29 is 14.3 Å². The molecule has 188 valence electrons. The monoisotopic (exact) mass is 512 g/mol. The molecule has 0 spiro atoms. The minimum Gasteiger partial charge on any atom is -0.496 e. The number of likely N-dealkylation sites (tertiary alicyclic amines) is 1. The van der Waals surface area contributed by atoms with Crippen molar-refractivity contribution in [3.63, 3.8) is 0 Å². The second kappa shape index (κ2) is 9.94. The summed E-state index contributed by atoms with van der Waals surface area (Å²) in [4.78, 5) is 39.5. The fourth-order valence-electron chi connectivity index (χ4n) is 5.32. The second-order valence-corrected chi connectivity index (χ2v) is 10.5. The van der Waals surface area contributed by atoms with E-state index in [4.69, 9.17) is 9.72 Å². The predicted molar refractivity (Wildman–Crippen MR) is 143 cm³/mol. The first-order chi connectivity index (χ1) is 18.1. The summed E-state index contributed by atoms with van der Waals surface area (Å²) in [6, 6.07) is 17.7. The van der Waals surface area contributed by atoms with Gasteiger partial charge < -0.3 is 14.5 Å². The maximum Gasteiger partial charge on any atom is 0.273 e. The molecule has 0 radical (unpaired) electrons. The molecule has 0 bridgehead atoms. The Morgan fingerprint density at radius 1 is 0.892 bits per heavy atom. The van der Waals surface area contributed by atoms with E-state index in [1.165, 1.54) is 11.1 Å². The highest BCUT2D eigenvalue weighted by atomic mass is 32.1. The fourth-order valence-corrected chi connectivity index (χ4v) is 6.28. The molecule has 8 heteroatoms. The molecule has 0 atom stereocenters. The van der Waals surface area contributed by atoms with Crippen molar-refractivity contribution in [2.45, 2.75) is 31.7 Å². The van der Waals surface area contributed by atoms with Crippen molar-refractivity contribution in [1.29, 1.82) is 0 Å². The summed E-state index contributed by atoms with van der Waals surface area (Å²) < 4.78 is 5.51. The first-order valence-corrected chi connectivity index (χ1v) is 13.5. The van der Waals surface area contributed by atoms with E-state index in [9.17, 15) is 9.59 Å². The summed E-state index contributed by atoms with van der Waals surface area (Å²) in [5.41, 5.74) is 4.22. The topological polar surface area (TPSA) is 75.6 Å². The molecule has 0 saturated carbocycles. The Morgan fingerprint density at radius 2 is 1.62 bits per heavy atom. The number of aromatic nitrogens is 2. The number of nitrogens with zero attached hydrogens (tertiary/aromatic N) is 4. The van der Waals surface area contributed by atoms with Gasteiger partial charge in [-0.3, -0.25) is 9.59 Å². The number of hydrogen-bond donors (Lipinski definition) is 0. The Hall–Kier alpha value is -3.78. The van der Waals surface area contributed by atoms with Gasteiger partial charge in [0.1, 0.15) is 17.1 Å². The Labute approximate surface area is 219 Å². The average molecular weight is 513 g/mol. The lowest BCUT2D eigenvalue weighted by atomic mass is 9.97. The van der Waals surface area contributed by atoms with Crippen LogP contribution >= 0.6 is 11.3 Å². The van der Waals surface area contributed by atoms with Crippen LogP contribution in [0, 0.1) is 0 Å². The number of benzene rings is 2. The zero-order valence-corrected chi connectivity index (χ0v) is 21.5. The number of carbonyl (C=O) groups excluding carboxylic acids is 2. The van der Waals surface area contributed by atoms with Gasteiger partial charge in [-0.05, 0) is 42.5 Å². The Balaban J connectivity index is 1.10. The molecule has 2 aromatic carbocycles. The smallest absolute Gasteiger partial charge is 0.273 e. The van der Waals surface area contributed by atoms with E-state index in [1.807, 2.05) is 45.5 Å². The molecule has 1 fully saturated rings. The largest absolute Gasteiger partial charge is 0.496 e. The van der Waals surface area contributed by atoms with Crippen LogP contribution in [0.25, 0.3) is 10.9 Å². The van der Waals surface area contributed by atoms with E-state index in [0.717, 1.165) is 41.7 Å². The number of carbonyl (C=O) groups is 2. The molecule has 4 aromatic rings. The number of ether oxygens (including phenoxy) is 1. The van der Waals surface area contributed by atoms with Crippen LogP contribution in [-0.4, -0.2) is 58.3 Å². The minimum absolute atomic E-state index is 0.000873. The molecule has 4 heterocycles. The van der Waals surface area contributed by atoms with E-state index in [0.29, 0.717) is 36.8 Å². The Kier molecular flexibility index (Phi) is 6.34. The lowest BCUT2D eigenvalue weighted by molar-refractivity contribution is 0.0706. The number of piperidine rings is 1. The van der Waals surface area contributed by atoms with Crippen LogP contribution in [0.15, 0.2) is 60.0 Å². The molecule has 1 saturated heterocycles. The van der Waals surface area contributed by atoms with E-state index in [1.54, 1.807) is 24.5 Å². The number of thiazole rings is 1. The first kappa shape index (κ1) is 23.6. The van der Waals surface area contributed by atoms with Crippen LogP contribution < -0.4 is 4.74 Å². The molecule has 6 rings (SSSR count). The summed E-state index contributed by atoms with van der Waals surface area (Å²) in [6.45, 7) is 2.62. The highest BCUT2D eigenvalue weighted by molar-refractivity contribution is 7.09. The van der Waals surface area contributed by atoms with E-state index in [2.05, 4.69) is 23.2 Å². The van der Waals surface area contributed by atoms with E-state index < -0.39 is 0 Å². The lowest BCUT2D eigenvalue weighted by Crippen LogP contribution is -2.38. The van der Waals surface area contributed by atoms with Crippen LogP contribution in [0.2, 0.25) is 0 Å². The third kappa shape index (κ3) is 4.57. The summed E-state index contributed by atoms with van der Waals surface area (Å²) in [5.74, 6) is 0.821. The average Bonchev–Trinajstić information content (AvgIpc) is 3.46. The molecule has 0 N–H and O–H groups in total. The van der Waals surface area contributed by atoms with Gasteiger partial charge >= 0.3 is 0 Å². The second-order valence-electron chi connectivity index (χ2n) is 9.61. The third-order valence-electron chi connectivity index (χ3n) is 7.41. The predicted octanol–water partition coefficient (Wildman–Crippen LogP) is 4.92. The maximum atomic E-state index is 13.3. The zero-order chi connectivity index (χ0) is 25.4. The molecule has 7 nitrogen and oxygen atoms in total. The molecular weight excluding hydrogens is 484 g/mol. The van der Waals surface area contributed by atoms with Gasteiger partial charge in [0.05, 0.1) is 17.6 Å². The number of fused-ring (bicyclic) bond motifs is 2. The van der Waals surface area contributed by atoms with Gasteiger partial charge in [0.2, 0.25) is 0 Å². The molecule has 2 aromatic heterocycles. The molecule has 0 aliphatic carbocycles. The number of methoxy groups -OCH3 is 1. The van der Waals surface area contributed by atoms with Crippen LogP contribution in [0.1, 0.15) is 55.9 Å². The SMILES string of the molecule is COc1cc(C(=O)N2CCC(c3nc(C(=O)N4CCc5ccccc5C4)cs3)CC2)nc2ccccc12. The van der Waals surface area contributed by atoms with Crippen LogP contribution in [0.5, 0.6) is 5.75 Å². The molecular formula is C29H28N4O3S. The van der Waals surface area contributed by atoms with Gasteiger partial charge in [-0.1, -0.05) is 36.4 Å². The normalized spacial score (nSPS) is 16.0. The number of hydrogen-bond acceptors (Lipinski definition) is 6. The summed E-state index contributed by atoms with van der Waals surface area (Å²) in [6.07, 6.45) is 2.51. The van der Waals surface area contributed by atoms with Crippen LogP contribution in [-0.2, 0) is 13.0 Å². The first-order valence-electron chi connectivity index (χ1n) is 12.7. The Morgan fingerprint density at radius 3 is 2.43 bits per heavy atom. The molecule has 37 heavy (non-hydrogen) atoms. The van der Waals surface area contributed by atoms with E-state index >= 15 is 0 Å². The van der Waals surface area contributed by atoms with Crippen molar-refractivity contribution in [2.75, 3.05) is 26.7 Å². The number of amides is 2. The van der Waals surface area contributed by atoms with Crippen molar-refractivity contribution in [1.82, 2.24) is 19.8 Å². The lowest BCUT2D eigenvalue weighted by Gasteiger charge is -2.31. The summed E-state index contributed by atoms with van der Waals surface area (Å²) in [7, 11) is 1.61. The summed E-state index contributed by atoms with van der Waals surface area (Å²) >= 11 is 1.56. The Bertz CT molecular complexity index is 1480. The van der Waals surface area contributed by atoms with Gasteiger partial charge in [0.25, 0.3) is 11.8 Å². The van der Waals surface area contributed by atoms with Gasteiger partial charge in [-0.15, -0.1) is 11.3 Å². The van der Waals surface area contributed by atoms with Crippen LogP contribution in [0.3, 0.4) is 0 Å². The minimum atomic E-state index is -0.0807. The molecule has 2 aliphatic rings. The van der Waals surface area contributed by atoms with Gasteiger partial charge in [0, 0.05) is 48.9 Å². The molecule has 2 amide bonds. The number of rotatable bonds is 4. The third-order valence-corrected chi connectivity index (χ3v) is 8.41. The number of para-hydroxylation sites is 1. The van der Waals surface area contributed by atoms with Gasteiger partial charge in [-0.2, -0.15) is 0 Å². The standard InChI is InChI=1S/C29H28N4O3S/c1-36-26-16-24(30-23-9-5-4-8-22(23)26)28(34)32-13-11-20(12-14-32)27-31-25(18-37-27)29(35)33-15-10-19-6-2-3-7-21(19)17-33/h2-9,16,18,20H,10-15,17H2,1H3. The van der Waals surface area contributed by atoms with Crippen molar-refractivity contribution in [2.24, 2.45) is 0 Å². The zero-order valence-electron chi connectivity index (χ0n) is 20.7. The van der Waals surface area contributed by atoms with Gasteiger partial charge in [0.15, 0.2) is 0 Å². The number of pyridine rings is 1. The van der Waals surface area contributed by atoms with Crippen LogP contribution in [0.4, 0.5) is 0 Å².